The Morgan fingerprint density at radius 2 is 1.50 bits per heavy atom. The quantitative estimate of drug-likeness (QED) is 0.381. The second-order valence-electron chi connectivity index (χ2n) is 0.213. The Hall–Kier alpha value is 0.430. The van der Waals surface area contributed by atoms with Crippen LogP contribution in [0.2, 0.25) is 0 Å². The van der Waals surface area contributed by atoms with E-state index in [4.69, 9.17) is 8.42 Å². The van der Waals surface area contributed by atoms with Gasteiger partial charge in [-0.1, -0.05) is 0 Å². The van der Waals surface area contributed by atoms with Crippen molar-refractivity contribution in [2.45, 2.75) is 0 Å². The van der Waals surface area contributed by atoms with Crippen LogP contribution in [0.3, 0.4) is 0 Å². The zero-order valence-corrected chi connectivity index (χ0v) is 4.12. The molecule has 0 radical (unpaired) electrons. The molecule has 0 amide bonds. The zero-order chi connectivity index (χ0) is 3.58. The molecule has 2 nitrogen and oxygen atoms in total. The molecule has 0 aromatic rings. The predicted octanol–water partition coefficient (Wildman–Crippen LogP) is -0.0923. The van der Waals surface area contributed by atoms with Crippen LogP contribution in [0, 0.1) is 0 Å². The first-order valence-electron chi connectivity index (χ1n) is 0.534. The molecule has 0 unspecified atom stereocenters. The lowest BCUT2D eigenvalue weighted by Gasteiger charge is -1.37. The van der Waals surface area contributed by atoms with Gasteiger partial charge in [0.15, 0.2) is 9.14 Å². The van der Waals surface area contributed by atoms with Crippen LogP contribution in [0.1, 0.15) is 0 Å². The average Bonchev–Trinajstić information content (AvgIpc) is 0.811. The van der Waals surface area contributed by atoms with E-state index in [-0.39, 0.29) is 0 Å². The molecule has 0 N–H and O–H groups in total. The van der Waals surface area contributed by atoms with Crippen molar-refractivity contribution in [3.05, 3.63) is 0 Å². The van der Waals surface area contributed by atoms with Gasteiger partial charge in [-0.25, -0.2) is 8.42 Å². The number of halogens is 1. The summed E-state index contributed by atoms with van der Waals surface area (Å²) in [6.07, 6.45) is 0. The number of hydrogen-bond acceptors (Lipinski definition) is 2. The van der Waals surface area contributed by atoms with Gasteiger partial charge in [-0.3, -0.25) is 0 Å². The topological polar surface area (TPSA) is 34.1 Å². The van der Waals surface area contributed by atoms with Gasteiger partial charge < -0.3 is 0 Å². The van der Waals surface area contributed by atoms with E-state index in [0.717, 1.165) is 0 Å². The SMILES string of the molecule is O=[SH](=O)Br. The van der Waals surface area contributed by atoms with Gasteiger partial charge in [0.25, 0.3) is 0 Å². The van der Waals surface area contributed by atoms with Crippen LogP contribution < -0.4 is 0 Å². The van der Waals surface area contributed by atoms with Crippen LogP contribution in [-0.2, 0) is 9.14 Å². The lowest BCUT2D eigenvalue weighted by molar-refractivity contribution is 0.627. The summed E-state index contributed by atoms with van der Waals surface area (Å²) in [5.74, 6) is 0. The summed E-state index contributed by atoms with van der Waals surface area (Å²) in [4.78, 5) is 0. The van der Waals surface area contributed by atoms with Gasteiger partial charge in [0.2, 0.25) is 0 Å². The maximum absolute atomic E-state index is 8.95. The molecule has 26 valence electrons. The summed E-state index contributed by atoms with van der Waals surface area (Å²) in [7, 11) is -2.31. The molecule has 0 spiro atoms. The zero-order valence-electron chi connectivity index (χ0n) is 1.64. The lowest BCUT2D eigenvalue weighted by Crippen LogP contribution is -1.39. The molecule has 0 aliphatic carbocycles. The molecule has 0 saturated heterocycles. The summed E-state index contributed by atoms with van der Waals surface area (Å²) in [6, 6.07) is 0. The van der Waals surface area contributed by atoms with E-state index >= 15 is 0 Å². The highest BCUT2D eigenvalue weighted by atomic mass is 79.9. The molecule has 0 aromatic carbocycles. The fraction of sp³-hybridized carbons (Fsp3) is 0. The minimum absolute atomic E-state index is 2.22. The molecule has 0 atom stereocenters. The van der Waals surface area contributed by atoms with Crippen molar-refractivity contribution in [1.29, 1.82) is 0 Å². The maximum atomic E-state index is 8.95. The molecule has 0 aromatic heterocycles. The maximum Gasteiger partial charge on any atom is 0.199 e. The molecule has 0 saturated carbocycles. The third-order valence-electron chi connectivity index (χ3n) is 0. The Bertz CT molecular complexity index is 54.4. The smallest absolute Gasteiger partial charge is 0.199 e. The van der Waals surface area contributed by atoms with Gasteiger partial charge in [-0.05, 0) is 0 Å². The Labute approximate surface area is 33.0 Å². The number of rotatable bonds is 0. The van der Waals surface area contributed by atoms with E-state index in [1.54, 1.807) is 0 Å². The normalized spacial score (nSPS) is 8.50. The van der Waals surface area contributed by atoms with Crippen LogP contribution >= 0.6 is 14.8 Å². The molecule has 4 heteroatoms. The number of hydrogen-bond donors (Lipinski definition) is 1. The summed E-state index contributed by atoms with van der Waals surface area (Å²) >= 11 is 2.22. The monoisotopic (exact) mass is 144 g/mol. The molecule has 0 fully saturated rings. The first-order valence-corrected chi connectivity index (χ1v) is 3.73. The second-order valence-corrected chi connectivity index (χ2v) is 2.38. The summed E-state index contributed by atoms with van der Waals surface area (Å²) in [5, 5.41) is 0. The van der Waals surface area contributed by atoms with Crippen LogP contribution in [-0.4, -0.2) is 8.42 Å². The molecule has 0 bridgehead atoms. The second kappa shape index (κ2) is 1.72. The Morgan fingerprint density at radius 1 is 1.50 bits per heavy atom. The van der Waals surface area contributed by atoms with Crippen LogP contribution in [0.25, 0.3) is 0 Å². The molecule has 0 aliphatic rings. The predicted molar refractivity (Wildman–Crippen MR) is 19.2 cm³/mol. The fourth-order valence-corrected chi connectivity index (χ4v) is 0. The Kier molecular flexibility index (Phi) is 1.91. The first-order chi connectivity index (χ1) is 1.73. The highest BCUT2D eigenvalue weighted by Crippen LogP contribution is 1.69. The van der Waals surface area contributed by atoms with E-state index in [9.17, 15) is 0 Å². The molecule has 0 aliphatic heterocycles. The van der Waals surface area contributed by atoms with E-state index in [2.05, 4.69) is 14.8 Å². The first kappa shape index (κ1) is 4.43. The average molecular weight is 145 g/mol. The van der Waals surface area contributed by atoms with Crippen LogP contribution in [0.4, 0.5) is 0 Å². The van der Waals surface area contributed by atoms with Gasteiger partial charge in [-0.2, -0.15) is 0 Å². The van der Waals surface area contributed by atoms with Gasteiger partial charge in [0, 0.05) is 0 Å². The van der Waals surface area contributed by atoms with Crippen LogP contribution in [0.5, 0.6) is 0 Å². The van der Waals surface area contributed by atoms with Gasteiger partial charge in [-0.15, -0.1) is 0 Å². The number of thiol groups is 1. The molecule has 0 heterocycles. The molecular formula is HBrO2S. The van der Waals surface area contributed by atoms with Crippen molar-refractivity contribution >= 4 is 24.0 Å². The molecular weight excluding hydrogens is 144 g/mol. The van der Waals surface area contributed by atoms with Crippen molar-refractivity contribution in [2.75, 3.05) is 0 Å². The van der Waals surface area contributed by atoms with Crippen molar-refractivity contribution in [3.8, 4) is 0 Å². The minimum atomic E-state index is -2.31. The third-order valence-corrected chi connectivity index (χ3v) is 0. The van der Waals surface area contributed by atoms with Crippen molar-refractivity contribution < 1.29 is 8.42 Å². The Balaban J connectivity index is 3.51. The van der Waals surface area contributed by atoms with Gasteiger partial charge in [0.1, 0.15) is 0 Å². The van der Waals surface area contributed by atoms with E-state index in [1.807, 2.05) is 0 Å². The largest absolute Gasteiger partial charge is 0.220 e. The standard InChI is InChI=1S/BrHO2S/c1-4(2)3/h4H. The van der Waals surface area contributed by atoms with E-state index in [1.165, 1.54) is 0 Å². The Morgan fingerprint density at radius 3 is 1.50 bits per heavy atom. The summed E-state index contributed by atoms with van der Waals surface area (Å²) in [6.45, 7) is 0. The van der Waals surface area contributed by atoms with Gasteiger partial charge in [0.05, 0.1) is 14.8 Å². The molecule has 4 heavy (non-hydrogen) atoms. The van der Waals surface area contributed by atoms with E-state index < -0.39 is 9.14 Å². The lowest BCUT2D eigenvalue weighted by atomic mass is 15.9. The van der Waals surface area contributed by atoms with E-state index in [0.29, 0.717) is 0 Å². The summed E-state index contributed by atoms with van der Waals surface area (Å²) < 4.78 is 17.9. The minimum Gasteiger partial charge on any atom is -0.220 e. The fourth-order valence-electron chi connectivity index (χ4n) is 0. The van der Waals surface area contributed by atoms with Crippen LogP contribution in [0.15, 0.2) is 0 Å². The van der Waals surface area contributed by atoms with Crippen molar-refractivity contribution in [1.82, 2.24) is 0 Å². The highest BCUT2D eigenvalue weighted by Gasteiger charge is 1.49. The van der Waals surface area contributed by atoms with Crippen molar-refractivity contribution in [2.24, 2.45) is 0 Å². The summed E-state index contributed by atoms with van der Waals surface area (Å²) in [5.41, 5.74) is 0. The van der Waals surface area contributed by atoms with Crippen molar-refractivity contribution in [3.63, 3.8) is 0 Å². The highest BCUT2D eigenvalue weighted by molar-refractivity contribution is 9.44. The third kappa shape index (κ3) is 26.9. The molecule has 0 rings (SSSR count). The van der Waals surface area contributed by atoms with Gasteiger partial charge >= 0.3 is 0 Å².